The van der Waals surface area contributed by atoms with Crippen molar-refractivity contribution in [3.05, 3.63) is 29.6 Å². The SMILES string of the molecule is O=C(N1CC2(CC(Cn3ccc(C(F)(F)F)n3)C2)C1)N1CC2(CC(c3nc(C4(O)CC4)n[nH]3)C2)C1. The van der Waals surface area contributed by atoms with Crippen LogP contribution in [0.15, 0.2) is 12.3 Å². The van der Waals surface area contributed by atoms with E-state index in [1.165, 1.54) is 10.9 Å². The van der Waals surface area contributed by atoms with E-state index in [9.17, 15) is 23.1 Å². The van der Waals surface area contributed by atoms with Crippen LogP contribution in [0.5, 0.6) is 0 Å². The summed E-state index contributed by atoms with van der Waals surface area (Å²) in [6.07, 6.45) is 2.26. The number of aromatic amines is 1. The predicted molar refractivity (Wildman–Crippen MR) is 115 cm³/mol. The highest BCUT2D eigenvalue weighted by Gasteiger charge is 2.59. The number of rotatable bonds is 4. The summed E-state index contributed by atoms with van der Waals surface area (Å²) in [5, 5.41) is 21.0. The summed E-state index contributed by atoms with van der Waals surface area (Å²) in [4.78, 5) is 21.2. The Morgan fingerprint density at radius 3 is 2.29 bits per heavy atom. The standard InChI is InChI=1S/C23H28F3N7O2/c24-23(25,26)16-1-4-33(30-16)9-14-5-20(6-14)10-31(11-20)19(34)32-12-21(13-32)7-15(8-21)17-27-18(29-28-17)22(35)2-3-22/h1,4,14-15,35H,2-3,5-13H2,(H,27,28,29). The molecular weight excluding hydrogens is 463 g/mol. The Hall–Kier alpha value is -2.63. The number of aromatic nitrogens is 5. The van der Waals surface area contributed by atoms with Crippen LogP contribution >= 0.6 is 0 Å². The van der Waals surface area contributed by atoms with Gasteiger partial charge in [-0.1, -0.05) is 0 Å². The number of nitrogens with one attached hydrogen (secondary N) is 1. The van der Waals surface area contributed by atoms with Gasteiger partial charge in [-0.3, -0.25) is 9.78 Å². The van der Waals surface area contributed by atoms with Crippen molar-refractivity contribution in [3.63, 3.8) is 0 Å². The summed E-state index contributed by atoms with van der Waals surface area (Å²) in [5.74, 6) is 1.99. The second-order valence-electron chi connectivity index (χ2n) is 11.9. The van der Waals surface area contributed by atoms with E-state index in [0.29, 0.717) is 24.2 Å². The normalized spacial score (nSPS) is 26.3. The number of carbonyl (C=O) groups is 1. The van der Waals surface area contributed by atoms with Crippen molar-refractivity contribution in [2.75, 3.05) is 26.2 Å². The molecular formula is C23H28F3N7O2. The minimum atomic E-state index is -4.41. The molecule has 2 amide bonds. The molecule has 2 N–H and O–H groups in total. The fourth-order valence-corrected chi connectivity index (χ4v) is 6.87. The van der Waals surface area contributed by atoms with Crippen molar-refractivity contribution in [1.82, 2.24) is 34.8 Å². The van der Waals surface area contributed by atoms with Gasteiger partial charge in [0.15, 0.2) is 11.5 Å². The van der Waals surface area contributed by atoms with Gasteiger partial charge >= 0.3 is 12.2 Å². The van der Waals surface area contributed by atoms with Gasteiger partial charge in [0, 0.05) is 55.7 Å². The number of aliphatic hydroxyl groups is 1. The van der Waals surface area contributed by atoms with Crippen molar-refractivity contribution >= 4 is 6.03 Å². The van der Waals surface area contributed by atoms with Gasteiger partial charge in [-0.25, -0.2) is 9.78 Å². The molecule has 2 spiro atoms. The lowest BCUT2D eigenvalue weighted by Gasteiger charge is -2.63. The van der Waals surface area contributed by atoms with Gasteiger partial charge in [0.05, 0.1) is 0 Å². The Labute approximate surface area is 199 Å². The topological polar surface area (TPSA) is 103 Å². The second kappa shape index (κ2) is 6.77. The average molecular weight is 492 g/mol. The third-order valence-corrected chi connectivity index (χ3v) is 8.85. The van der Waals surface area contributed by atoms with E-state index in [2.05, 4.69) is 20.3 Å². The second-order valence-corrected chi connectivity index (χ2v) is 11.9. The fourth-order valence-electron chi connectivity index (χ4n) is 6.87. The maximum atomic E-state index is 12.9. The van der Waals surface area contributed by atoms with Gasteiger partial charge < -0.3 is 14.9 Å². The highest BCUT2D eigenvalue weighted by atomic mass is 19.4. The molecule has 2 aromatic heterocycles. The van der Waals surface area contributed by atoms with Crippen molar-refractivity contribution in [3.8, 4) is 0 Å². The van der Waals surface area contributed by atoms with Gasteiger partial charge in [0.2, 0.25) is 0 Å². The van der Waals surface area contributed by atoms with Crippen molar-refractivity contribution in [2.24, 2.45) is 16.7 Å². The maximum Gasteiger partial charge on any atom is 0.435 e. The Bertz CT molecular complexity index is 1160. The third-order valence-electron chi connectivity index (χ3n) is 8.85. The van der Waals surface area contributed by atoms with Gasteiger partial charge in [0.1, 0.15) is 11.4 Å². The van der Waals surface area contributed by atoms with E-state index >= 15 is 0 Å². The molecule has 4 heterocycles. The quantitative estimate of drug-likeness (QED) is 0.685. The monoisotopic (exact) mass is 491 g/mol. The molecule has 35 heavy (non-hydrogen) atoms. The zero-order chi connectivity index (χ0) is 24.2. The minimum absolute atomic E-state index is 0.105. The van der Waals surface area contributed by atoms with Crippen LogP contribution in [-0.4, -0.2) is 72.1 Å². The number of alkyl halides is 3. The number of hydrogen-bond donors (Lipinski definition) is 2. The molecule has 12 heteroatoms. The number of hydrogen-bond acceptors (Lipinski definition) is 5. The van der Waals surface area contributed by atoms with Crippen molar-refractivity contribution < 1.29 is 23.1 Å². The van der Waals surface area contributed by atoms with E-state index in [1.807, 2.05) is 9.80 Å². The highest BCUT2D eigenvalue weighted by molar-refractivity contribution is 5.77. The molecule has 0 aromatic carbocycles. The number of carbonyl (C=O) groups excluding carboxylic acids is 1. The highest BCUT2D eigenvalue weighted by Crippen LogP contribution is 2.57. The van der Waals surface area contributed by atoms with Crippen LogP contribution in [0, 0.1) is 16.7 Å². The van der Waals surface area contributed by atoms with Crippen molar-refractivity contribution in [1.29, 1.82) is 0 Å². The molecule has 0 unspecified atom stereocenters. The van der Waals surface area contributed by atoms with Crippen molar-refractivity contribution in [2.45, 2.75) is 62.8 Å². The largest absolute Gasteiger partial charge is 0.435 e. The van der Waals surface area contributed by atoms with E-state index in [1.54, 1.807) is 0 Å². The molecule has 9 nitrogen and oxygen atoms in total. The first-order valence-electron chi connectivity index (χ1n) is 12.3. The van der Waals surface area contributed by atoms with Crippen LogP contribution in [0.25, 0.3) is 0 Å². The van der Waals surface area contributed by atoms with Gasteiger partial charge in [0.25, 0.3) is 0 Å². The number of nitrogens with zero attached hydrogens (tertiary/aromatic N) is 6. The number of H-pyrrole nitrogens is 1. The molecule has 3 aliphatic carbocycles. The fraction of sp³-hybridized carbons (Fsp3) is 0.739. The Kier molecular flexibility index (Phi) is 4.19. The minimum Gasteiger partial charge on any atom is -0.382 e. The Balaban J connectivity index is 0.845. The first kappa shape index (κ1) is 21.6. The smallest absolute Gasteiger partial charge is 0.382 e. The summed E-state index contributed by atoms with van der Waals surface area (Å²) in [6, 6.07) is 1.12. The lowest BCUT2D eigenvalue weighted by molar-refractivity contribution is -0.141. The van der Waals surface area contributed by atoms with E-state index in [-0.39, 0.29) is 16.9 Å². The molecule has 5 fully saturated rings. The van der Waals surface area contributed by atoms with Gasteiger partial charge in [-0.2, -0.15) is 23.4 Å². The van der Waals surface area contributed by atoms with E-state index in [0.717, 1.165) is 76.6 Å². The molecule has 2 aliphatic heterocycles. The molecule has 5 aliphatic rings. The van der Waals surface area contributed by atoms with Crippen LogP contribution in [-0.2, 0) is 18.3 Å². The van der Waals surface area contributed by atoms with Crippen LogP contribution < -0.4 is 0 Å². The molecule has 0 radical (unpaired) electrons. The summed E-state index contributed by atoms with van der Waals surface area (Å²) >= 11 is 0. The number of urea groups is 1. The van der Waals surface area contributed by atoms with Gasteiger partial charge in [-0.05, 0) is 50.5 Å². The average Bonchev–Trinajstić information content (AvgIpc) is 3.10. The summed E-state index contributed by atoms with van der Waals surface area (Å²) in [6.45, 7) is 3.53. The lowest BCUT2D eigenvalue weighted by atomic mass is 9.57. The molecule has 2 saturated heterocycles. The molecule has 188 valence electrons. The number of halogens is 3. The Morgan fingerprint density at radius 1 is 1.09 bits per heavy atom. The summed E-state index contributed by atoms with van der Waals surface area (Å²) in [7, 11) is 0. The molecule has 7 rings (SSSR count). The number of likely N-dealkylation sites (tertiary alicyclic amines) is 2. The lowest BCUT2D eigenvalue weighted by Crippen LogP contribution is -2.71. The molecule has 0 bridgehead atoms. The first-order chi connectivity index (χ1) is 16.5. The predicted octanol–water partition coefficient (Wildman–Crippen LogP) is 2.71. The zero-order valence-electron chi connectivity index (χ0n) is 19.3. The van der Waals surface area contributed by atoms with E-state index in [4.69, 9.17) is 0 Å². The third kappa shape index (κ3) is 3.47. The van der Waals surface area contributed by atoms with Crippen LogP contribution in [0.1, 0.15) is 61.8 Å². The summed E-state index contributed by atoms with van der Waals surface area (Å²) in [5.41, 5.74) is -1.34. The molecule has 2 aromatic rings. The molecule has 0 atom stereocenters. The first-order valence-corrected chi connectivity index (χ1v) is 12.3. The van der Waals surface area contributed by atoms with Crippen LogP contribution in [0.3, 0.4) is 0 Å². The van der Waals surface area contributed by atoms with Gasteiger partial charge in [-0.15, -0.1) is 0 Å². The number of amides is 2. The summed E-state index contributed by atoms with van der Waals surface area (Å²) < 4.78 is 39.6. The Morgan fingerprint density at radius 2 is 1.71 bits per heavy atom. The maximum absolute atomic E-state index is 12.9. The zero-order valence-corrected chi connectivity index (χ0v) is 19.3. The van der Waals surface area contributed by atoms with Crippen LogP contribution in [0.4, 0.5) is 18.0 Å². The van der Waals surface area contributed by atoms with E-state index < -0.39 is 17.5 Å². The van der Waals surface area contributed by atoms with Crippen LogP contribution in [0.2, 0.25) is 0 Å². The molecule has 3 saturated carbocycles.